The second-order valence-corrected chi connectivity index (χ2v) is 3.87. The van der Waals surface area contributed by atoms with Crippen molar-refractivity contribution in [1.29, 1.82) is 0 Å². The van der Waals surface area contributed by atoms with E-state index in [0.717, 1.165) is 0 Å². The normalized spacial score (nSPS) is 17.0. The Morgan fingerprint density at radius 1 is 1.20 bits per heavy atom. The van der Waals surface area contributed by atoms with Crippen LogP contribution in [0.15, 0.2) is 24.3 Å². The number of anilines is 1. The predicted octanol–water partition coefficient (Wildman–Crippen LogP) is 2.04. The van der Waals surface area contributed by atoms with Crippen LogP contribution in [0.25, 0.3) is 0 Å². The van der Waals surface area contributed by atoms with Gasteiger partial charge in [0.05, 0.1) is 17.1 Å². The number of Topliss-reactive ketones (excluding diaryl/α,β-unsaturated/α-hetero) is 1. The van der Waals surface area contributed by atoms with E-state index in [1.807, 2.05) is 12.1 Å². The zero-order valence-electron chi connectivity index (χ0n) is 8.07. The van der Waals surface area contributed by atoms with E-state index < -0.39 is 0 Å². The molecule has 0 aliphatic carbocycles. The Morgan fingerprint density at radius 2 is 1.93 bits per heavy atom. The molecule has 3 nitrogen and oxygen atoms in total. The lowest BCUT2D eigenvalue weighted by molar-refractivity contribution is -0.128. The summed E-state index contributed by atoms with van der Waals surface area (Å²) >= 11 is 5.98. The zero-order valence-corrected chi connectivity index (χ0v) is 8.83. The standard InChI is InChI=1S/C11H10ClNO2/c12-9-3-1-2-4-10(9)13-6-5-8(14)7-11(13)15/h1-4H,5-7H2. The first-order chi connectivity index (χ1) is 7.18. The molecule has 0 bridgehead atoms. The molecule has 0 spiro atoms. The number of hydrogen-bond acceptors (Lipinski definition) is 2. The molecule has 1 saturated heterocycles. The molecule has 0 saturated carbocycles. The monoisotopic (exact) mass is 223 g/mol. The Labute approximate surface area is 92.6 Å². The van der Waals surface area contributed by atoms with Crippen molar-refractivity contribution < 1.29 is 9.59 Å². The number of piperidine rings is 1. The van der Waals surface area contributed by atoms with Gasteiger partial charge in [0.15, 0.2) is 0 Å². The number of carbonyl (C=O) groups is 2. The topological polar surface area (TPSA) is 37.4 Å². The zero-order chi connectivity index (χ0) is 10.8. The van der Waals surface area contributed by atoms with E-state index in [4.69, 9.17) is 11.6 Å². The van der Waals surface area contributed by atoms with Gasteiger partial charge in [0.25, 0.3) is 0 Å². The molecule has 1 amide bonds. The molecular weight excluding hydrogens is 214 g/mol. The number of para-hydroxylation sites is 1. The van der Waals surface area contributed by atoms with Gasteiger partial charge in [0, 0.05) is 13.0 Å². The minimum absolute atomic E-state index is 0.00306. The fourth-order valence-corrected chi connectivity index (χ4v) is 1.88. The summed E-state index contributed by atoms with van der Waals surface area (Å²) in [6.45, 7) is 0.432. The number of halogens is 1. The van der Waals surface area contributed by atoms with Gasteiger partial charge in [-0.25, -0.2) is 0 Å². The second kappa shape index (κ2) is 4.03. The van der Waals surface area contributed by atoms with Gasteiger partial charge in [-0.05, 0) is 12.1 Å². The third-order valence-electron chi connectivity index (χ3n) is 2.41. The van der Waals surface area contributed by atoms with Gasteiger partial charge in [-0.1, -0.05) is 23.7 Å². The fourth-order valence-electron chi connectivity index (χ4n) is 1.64. The van der Waals surface area contributed by atoms with E-state index in [1.165, 1.54) is 0 Å². The molecule has 1 aliphatic heterocycles. The van der Waals surface area contributed by atoms with E-state index in [2.05, 4.69) is 0 Å². The van der Waals surface area contributed by atoms with E-state index in [9.17, 15) is 9.59 Å². The van der Waals surface area contributed by atoms with Gasteiger partial charge in [-0.2, -0.15) is 0 Å². The lowest BCUT2D eigenvalue weighted by Crippen LogP contribution is -2.39. The molecule has 1 aromatic rings. The van der Waals surface area contributed by atoms with Gasteiger partial charge in [-0.3, -0.25) is 9.59 Å². The average Bonchev–Trinajstić information content (AvgIpc) is 2.20. The quantitative estimate of drug-likeness (QED) is 0.684. The SMILES string of the molecule is O=C1CCN(c2ccccc2Cl)C(=O)C1. The van der Waals surface area contributed by atoms with Crippen LogP contribution in [0.1, 0.15) is 12.8 Å². The first kappa shape index (κ1) is 10.2. The summed E-state index contributed by atoms with van der Waals surface area (Å²) in [4.78, 5) is 24.2. The number of rotatable bonds is 1. The fraction of sp³-hybridized carbons (Fsp3) is 0.273. The number of benzene rings is 1. The van der Waals surface area contributed by atoms with Crippen molar-refractivity contribution in [3.8, 4) is 0 Å². The maximum Gasteiger partial charge on any atom is 0.234 e. The maximum atomic E-state index is 11.6. The lowest BCUT2D eigenvalue weighted by atomic mass is 10.1. The largest absolute Gasteiger partial charge is 0.310 e. The first-order valence-electron chi connectivity index (χ1n) is 4.75. The summed E-state index contributed by atoms with van der Waals surface area (Å²) < 4.78 is 0. The minimum atomic E-state index is -0.167. The van der Waals surface area contributed by atoms with Crippen molar-refractivity contribution in [2.75, 3.05) is 11.4 Å². The molecule has 0 aromatic heterocycles. The third kappa shape index (κ3) is 2.02. The Hall–Kier alpha value is -1.35. The Kier molecular flexibility index (Phi) is 2.73. The van der Waals surface area contributed by atoms with E-state index in [1.54, 1.807) is 17.0 Å². The van der Waals surface area contributed by atoms with Gasteiger partial charge < -0.3 is 4.90 Å². The van der Waals surface area contributed by atoms with Crippen molar-refractivity contribution in [3.63, 3.8) is 0 Å². The highest BCUT2D eigenvalue weighted by Crippen LogP contribution is 2.27. The first-order valence-corrected chi connectivity index (χ1v) is 5.13. The summed E-state index contributed by atoms with van der Waals surface area (Å²) in [6, 6.07) is 7.16. The van der Waals surface area contributed by atoms with Crippen LogP contribution >= 0.6 is 11.6 Å². The van der Waals surface area contributed by atoms with Crippen LogP contribution in [0.5, 0.6) is 0 Å². The van der Waals surface area contributed by atoms with E-state index in [0.29, 0.717) is 23.7 Å². The van der Waals surface area contributed by atoms with Crippen LogP contribution in [0, 0.1) is 0 Å². The summed E-state index contributed by atoms with van der Waals surface area (Å²) in [6.07, 6.45) is 0.405. The second-order valence-electron chi connectivity index (χ2n) is 3.46. The highest BCUT2D eigenvalue weighted by Gasteiger charge is 2.25. The molecule has 1 fully saturated rings. The molecule has 1 aromatic carbocycles. The summed E-state index contributed by atoms with van der Waals surface area (Å²) in [7, 11) is 0. The number of ketones is 1. The Morgan fingerprint density at radius 3 is 2.60 bits per heavy atom. The highest BCUT2D eigenvalue weighted by atomic mass is 35.5. The average molecular weight is 224 g/mol. The molecule has 78 valence electrons. The van der Waals surface area contributed by atoms with Crippen LogP contribution in [0.3, 0.4) is 0 Å². The molecule has 0 atom stereocenters. The third-order valence-corrected chi connectivity index (χ3v) is 2.73. The molecule has 1 aliphatic rings. The van der Waals surface area contributed by atoms with Gasteiger partial charge in [0.2, 0.25) is 5.91 Å². The summed E-state index contributed by atoms with van der Waals surface area (Å²) in [5.41, 5.74) is 0.691. The number of hydrogen-bond donors (Lipinski definition) is 0. The van der Waals surface area contributed by atoms with Crippen molar-refractivity contribution in [1.82, 2.24) is 0 Å². The molecule has 15 heavy (non-hydrogen) atoms. The van der Waals surface area contributed by atoms with Gasteiger partial charge in [-0.15, -0.1) is 0 Å². The van der Waals surface area contributed by atoms with Gasteiger partial charge >= 0.3 is 0 Å². The van der Waals surface area contributed by atoms with Crippen LogP contribution in [0.4, 0.5) is 5.69 Å². The number of amides is 1. The summed E-state index contributed by atoms with van der Waals surface area (Å²) in [5, 5.41) is 0.542. The number of carbonyl (C=O) groups excluding carboxylic acids is 2. The minimum Gasteiger partial charge on any atom is -0.310 e. The van der Waals surface area contributed by atoms with Crippen molar-refractivity contribution in [2.24, 2.45) is 0 Å². The molecule has 0 N–H and O–H groups in total. The predicted molar refractivity (Wildman–Crippen MR) is 58.0 cm³/mol. The molecule has 1 heterocycles. The molecule has 0 radical (unpaired) electrons. The van der Waals surface area contributed by atoms with Crippen LogP contribution < -0.4 is 4.90 Å². The Bertz CT molecular complexity index is 417. The molecule has 0 unspecified atom stereocenters. The van der Waals surface area contributed by atoms with Crippen LogP contribution in [-0.2, 0) is 9.59 Å². The molecule has 4 heteroatoms. The number of nitrogens with zero attached hydrogens (tertiary/aromatic N) is 1. The van der Waals surface area contributed by atoms with Crippen molar-refractivity contribution in [3.05, 3.63) is 29.3 Å². The maximum absolute atomic E-state index is 11.6. The molecule has 2 rings (SSSR count). The summed E-state index contributed by atoms with van der Waals surface area (Å²) in [5.74, 6) is -0.164. The molecular formula is C11H10ClNO2. The lowest BCUT2D eigenvalue weighted by Gasteiger charge is -2.26. The highest BCUT2D eigenvalue weighted by molar-refractivity contribution is 6.34. The Balaban J connectivity index is 2.28. The van der Waals surface area contributed by atoms with Crippen LogP contribution in [0.2, 0.25) is 5.02 Å². The van der Waals surface area contributed by atoms with Gasteiger partial charge in [0.1, 0.15) is 5.78 Å². The smallest absolute Gasteiger partial charge is 0.234 e. The van der Waals surface area contributed by atoms with Crippen molar-refractivity contribution >= 4 is 29.0 Å². The van der Waals surface area contributed by atoms with Crippen LogP contribution in [-0.4, -0.2) is 18.2 Å². The van der Waals surface area contributed by atoms with Crippen molar-refractivity contribution in [2.45, 2.75) is 12.8 Å². The van der Waals surface area contributed by atoms with E-state index in [-0.39, 0.29) is 18.1 Å². The van der Waals surface area contributed by atoms with E-state index >= 15 is 0 Å².